The summed E-state index contributed by atoms with van der Waals surface area (Å²) < 4.78 is 20.9. The summed E-state index contributed by atoms with van der Waals surface area (Å²) in [6, 6.07) is 13.1. The number of ether oxygens (including phenoxy) is 1. The molecule has 1 fully saturated rings. The van der Waals surface area contributed by atoms with E-state index in [0.717, 1.165) is 35.7 Å². The van der Waals surface area contributed by atoms with Gasteiger partial charge in [0.05, 0.1) is 30.5 Å². The van der Waals surface area contributed by atoms with E-state index in [0.29, 0.717) is 10.6 Å². The minimum atomic E-state index is -0.380. The monoisotopic (exact) mass is 370 g/mol. The second-order valence-corrected chi connectivity index (χ2v) is 7.56. The third-order valence-electron chi connectivity index (χ3n) is 5.20. The zero-order valence-corrected chi connectivity index (χ0v) is 14.9. The Hall–Kier alpha value is -2.07. The zero-order chi connectivity index (χ0) is 18.1. The van der Waals surface area contributed by atoms with Crippen LogP contribution in [0.3, 0.4) is 0 Å². The lowest BCUT2D eigenvalue weighted by atomic mass is 9.76. The van der Waals surface area contributed by atoms with Gasteiger partial charge in [-0.25, -0.2) is 4.39 Å². The van der Waals surface area contributed by atoms with Crippen LogP contribution in [0.15, 0.2) is 47.4 Å². The number of nitrogens with one attached hydrogen (secondary N) is 1. The van der Waals surface area contributed by atoms with E-state index in [-0.39, 0.29) is 36.6 Å². The van der Waals surface area contributed by atoms with Crippen molar-refractivity contribution in [3.63, 3.8) is 0 Å². The molecule has 4 atom stereocenters. The first-order chi connectivity index (χ1) is 12.7. The van der Waals surface area contributed by atoms with Gasteiger partial charge in [0, 0.05) is 16.4 Å². The minimum absolute atomic E-state index is 0.0445. The first-order valence-electron chi connectivity index (χ1n) is 8.68. The van der Waals surface area contributed by atoms with Gasteiger partial charge in [0.1, 0.15) is 11.2 Å². The van der Waals surface area contributed by atoms with Gasteiger partial charge in [-0.2, -0.15) is 5.26 Å². The molecule has 2 aliphatic rings. The molecule has 26 heavy (non-hydrogen) atoms. The van der Waals surface area contributed by atoms with E-state index in [2.05, 4.69) is 5.32 Å². The minimum Gasteiger partial charge on any atom is -0.394 e. The molecule has 2 heterocycles. The van der Waals surface area contributed by atoms with Gasteiger partial charge in [0.25, 0.3) is 0 Å². The van der Waals surface area contributed by atoms with E-state index in [1.165, 1.54) is 6.07 Å². The molecule has 2 N–H and O–H groups in total. The summed E-state index contributed by atoms with van der Waals surface area (Å²) in [6.07, 6.45) is 1.09. The lowest BCUT2D eigenvalue weighted by molar-refractivity contribution is -0.110. The van der Waals surface area contributed by atoms with Crippen molar-refractivity contribution < 1.29 is 14.2 Å². The van der Waals surface area contributed by atoms with Crippen LogP contribution in [0, 0.1) is 22.4 Å². The number of nitrogens with zero attached hydrogens (tertiary/aromatic N) is 1. The molecule has 2 aliphatic heterocycles. The van der Waals surface area contributed by atoms with Gasteiger partial charge in [-0.1, -0.05) is 30.3 Å². The van der Waals surface area contributed by atoms with E-state index in [1.54, 1.807) is 0 Å². The standard InChI is InChI=1S/C20H19FN2O2S/c21-17-9-14(26-11-22)8-16-19(17)23-18(12-4-2-1-3-5-12)15-7-6-13(10-24)25-20(15)16/h1-5,8-9,13,15,18,20,23-24H,6-7,10H2. The number of thioether (sulfide) groups is 1. The van der Waals surface area contributed by atoms with Crippen LogP contribution >= 0.6 is 11.8 Å². The van der Waals surface area contributed by atoms with E-state index >= 15 is 0 Å². The predicted octanol–water partition coefficient (Wildman–Crippen LogP) is 4.39. The number of benzene rings is 2. The van der Waals surface area contributed by atoms with Gasteiger partial charge < -0.3 is 15.2 Å². The summed E-state index contributed by atoms with van der Waals surface area (Å²) in [6.45, 7) is -0.0445. The quantitative estimate of drug-likeness (QED) is 0.619. The van der Waals surface area contributed by atoms with Gasteiger partial charge in [0.15, 0.2) is 0 Å². The van der Waals surface area contributed by atoms with Crippen molar-refractivity contribution in [3.8, 4) is 5.40 Å². The third kappa shape index (κ3) is 3.07. The van der Waals surface area contributed by atoms with Gasteiger partial charge in [-0.15, -0.1) is 0 Å². The van der Waals surface area contributed by atoms with Crippen molar-refractivity contribution in [2.24, 2.45) is 5.92 Å². The topological polar surface area (TPSA) is 65.3 Å². The molecule has 4 rings (SSSR count). The highest BCUT2D eigenvalue weighted by atomic mass is 32.2. The second-order valence-electron chi connectivity index (χ2n) is 6.70. The SMILES string of the molecule is N#CSc1cc(F)c2c(c1)C1OC(CO)CCC1C(c1ccccc1)N2. The number of anilines is 1. The van der Waals surface area contributed by atoms with Gasteiger partial charge in [-0.3, -0.25) is 0 Å². The number of hydrogen-bond donors (Lipinski definition) is 2. The number of aliphatic hydroxyl groups is 1. The second kappa shape index (κ2) is 7.28. The van der Waals surface area contributed by atoms with Crippen LogP contribution in [0.5, 0.6) is 0 Å². The number of thiocyanates is 1. The molecule has 0 amide bonds. The Bertz CT molecular complexity index is 840. The largest absolute Gasteiger partial charge is 0.394 e. The lowest BCUT2D eigenvalue weighted by Crippen LogP contribution is -2.40. The highest BCUT2D eigenvalue weighted by Crippen LogP contribution is 2.51. The van der Waals surface area contributed by atoms with Crippen molar-refractivity contribution in [2.75, 3.05) is 11.9 Å². The Morgan fingerprint density at radius 1 is 1.27 bits per heavy atom. The van der Waals surface area contributed by atoms with E-state index in [9.17, 15) is 9.50 Å². The van der Waals surface area contributed by atoms with Gasteiger partial charge in [-0.05, 0) is 42.3 Å². The van der Waals surface area contributed by atoms with Crippen LogP contribution in [0.4, 0.5) is 10.1 Å². The fraction of sp³-hybridized carbons (Fsp3) is 0.350. The maximum atomic E-state index is 14.8. The van der Waals surface area contributed by atoms with Gasteiger partial charge in [0.2, 0.25) is 0 Å². The van der Waals surface area contributed by atoms with Crippen molar-refractivity contribution >= 4 is 17.4 Å². The van der Waals surface area contributed by atoms with Crippen LogP contribution in [0.2, 0.25) is 0 Å². The Morgan fingerprint density at radius 3 is 2.81 bits per heavy atom. The number of fused-ring (bicyclic) bond motifs is 3. The summed E-state index contributed by atoms with van der Waals surface area (Å²) in [4.78, 5) is 0.567. The van der Waals surface area contributed by atoms with Crippen LogP contribution < -0.4 is 5.32 Å². The zero-order valence-electron chi connectivity index (χ0n) is 14.1. The lowest BCUT2D eigenvalue weighted by Gasteiger charge is -2.45. The Labute approximate surface area is 156 Å². The molecule has 0 aliphatic carbocycles. The van der Waals surface area contributed by atoms with E-state index < -0.39 is 0 Å². The van der Waals surface area contributed by atoms with E-state index in [4.69, 9.17) is 10.00 Å². The third-order valence-corrected chi connectivity index (χ3v) is 5.77. The number of aliphatic hydroxyl groups excluding tert-OH is 1. The molecule has 2 aromatic rings. The van der Waals surface area contributed by atoms with Crippen molar-refractivity contribution in [2.45, 2.75) is 36.0 Å². The fourth-order valence-corrected chi connectivity index (χ4v) is 4.48. The molecule has 0 radical (unpaired) electrons. The summed E-state index contributed by atoms with van der Waals surface area (Å²) >= 11 is 0.938. The average molecular weight is 370 g/mol. The van der Waals surface area contributed by atoms with Crippen molar-refractivity contribution in [1.82, 2.24) is 0 Å². The summed E-state index contributed by atoms with van der Waals surface area (Å²) in [5.74, 6) is -0.246. The van der Waals surface area contributed by atoms with Crippen LogP contribution in [0.25, 0.3) is 0 Å². The Balaban J connectivity index is 1.80. The molecule has 134 valence electrons. The molecular formula is C20H19FN2O2S. The molecule has 0 aromatic heterocycles. The number of nitriles is 1. The summed E-state index contributed by atoms with van der Waals surface area (Å²) in [5, 5.41) is 23.8. The maximum Gasteiger partial charge on any atom is 0.147 e. The van der Waals surface area contributed by atoms with Crippen molar-refractivity contribution in [3.05, 3.63) is 59.4 Å². The van der Waals surface area contributed by atoms with Crippen LogP contribution in [0.1, 0.15) is 36.1 Å². The molecule has 1 saturated heterocycles. The fourth-order valence-electron chi connectivity index (χ4n) is 4.03. The number of hydrogen-bond acceptors (Lipinski definition) is 5. The number of rotatable bonds is 3. The van der Waals surface area contributed by atoms with Crippen molar-refractivity contribution in [1.29, 1.82) is 5.26 Å². The average Bonchev–Trinajstić information content (AvgIpc) is 2.68. The predicted molar refractivity (Wildman–Crippen MR) is 98.1 cm³/mol. The highest BCUT2D eigenvalue weighted by Gasteiger charge is 2.43. The molecule has 4 unspecified atom stereocenters. The Morgan fingerprint density at radius 2 is 2.08 bits per heavy atom. The molecule has 0 spiro atoms. The summed E-state index contributed by atoms with van der Waals surface area (Å²) in [5.41, 5.74) is 2.26. The molecular weight excluding hydrogens is 351 g/mol. The smallest absolute Gasteiger partial charge is 0.147 e. The van der Waals surface area contributed by atoms with Crippen LogP contribution in [-0.2, 0) is 4.74 Å². The molecule has 0 saturated carbocycles. The highest BCUT2D eigenvalue weighted by molar-refractivity contribution is 8.03. The molecule has 0 bridgehead atoms. The first kappa shape index (κ1) is 17.3. The number of halogens is 1. The van der Waals surface area contributed by atoms with Gasteiger partial charge >= 0.3 is 0 Å². The van der Waals surface area contributed by atoms with Crippen LogP contribution in [-0.4, -0.2) is 17.8 Å². The normalized spacial score (nSPS) is 27.0. The molecule has 6 heteroatoms. The molecule has 2 aromatic carbocycles. The molecule has 4 nitrogen and oxygen atoms in total. The Kier molecular flexibility index (Phi) is 4.86. The first-order valence-corrected chi connectivity index (χ1v) is 9.50. The summed E-state index contributed by atoms with van der Waals surface area (Å²) in [7, 11) is 0. The van der Waals surface area contributed by atoms with E-state index in [1.807, 2.05) is 41.8 Å². The maximum absolute atomic E-state index is 14.8.